The van der Waals surface area contributed by atoms with E-state index in [2.05, 4.69) is 5.73 Å². The lowest BCUT2D eigenvalue weighted by atomic mass is 9.95. The second-order valence-corrected chi connectivity index (χ2v) is 6.70. The van der Waals surface area contributed by atoms with Crippen molar-refractivity contribution < 1.29 is 20.4 Å². The van der Waals surface area contributed by atoms with Crippen LogP contribution < -0.4 is 10.6 Å². The van der Waals surface area contributed by atoms with Gasteiger partial charge in [-0.1, -0.05) is 42.5 Å². The van der Waals surface area contributed by atoms with Crippen molar-refractivity contribution in [3.8, 4) is 0 Å². The van der Waals surface area contributed by atoms with Gasteiger partial charge in [-0.25, -0.2) is 0 Å². The molecular weight excluding hydrogens is 342 g/mol. The highest BCUT2D eigenvalue weighted by molar-refractivity contribution is 6.46. The molecule has 1 amide bonds. The zero-order valence-electron chi connectivity index (χ0n) is 15.6. The van der Waals surface area contributed by atoms with Crippen molar-refractivity contribution in [1.82, 2.24) is 4.90 Å². The average Bonchev–Trinajstić information content (AvgIpc) is 2.93. The molecule has 0 bridgehead atoms. The highest BCUT2D eigenvalue weighted by Crippen LogP contribution is 2.39. The van der Waals surface area contributed by atoms with Gasteiger partial charge in [0.2, 0.25) is 0 Å². The molecular formula is C21H24N3O3+. The molecule has 1 fully saturated rings. The Balaban J connectivity index is 2.14. The zero-order chi connectivity index (χ0) is 19.6. The normalized spacial score (nSPS) is 18.8. The summed E-state index contributed by atoms with van der Waals surface area (Å²) in [5.74, 6) is -1.41. The molecule has 1 aliphatic heterocycles. The molecule has 0 spiro atoms. The minimum Gasteiger partial charge on any atom is -0.507 e. The average molecular weight is 366 g/mol. The highest BCUT2D eigenvalue weighted by atomic mass is 16.3. The van der Waals surface area contributed by atoms with E-state index in [4.69, 9.17) is 0 Å². The smallest absolute Gasteiger partial charge is 0.295 e. The van der Waals surface area contributed by atoms with Gasteiger partial charge in [-0.3, -0.25) is 9.59 Å². The molecule has 27 heavy (non-hydrogen) atoms. The second kappa shape index (κ2) is 7.63. The van der Waals surface area contributed by atoms with E-state index in [0.29, 0.717) is 18.7 Å². The number of amides is 1. The van der Waals surface area contributed by atoms with E-state index in [1.807, 2.05) is 49.3 Å². The Morgan fingerprint density at radius 1 is 1.07 bits per heavy atom. The van der Waals surface area contributed by atoms with Gasteiger partial charge >= 0.3 is 0 Å². The van der Waals surface area contributed by atoms with Crippen molar-refractivity contribution in [3.63, 3.8) is 0 Å². The van der Waals surface area contributed by atoms with E-state index in [1.165, 1.54) is 4.90 Å². The predicted molar refractivity (Wildman–Crippen MR) is 104 cm³/mol. The number of carbonyl (C=O) groups is 2. The minimum absolute atomic E-state index is 0.122. The number of benzene rings is 2. The van der Waals surface area contributed by atoms with Crippen molar-refractivity contribution in [2.45, 2.75) is 6.04 Å². The number of anilines is 1. The van der Waals surface area contributed by atoms with E-state index in [1.54, 1.807) is 24.3 Å². The van der Waals surface area contributed by atoms with E-state index in [-0.39, 0.29) is 11.3 Å². The lowest BCUT2D eigenvalue weighted by molar-refractivity contribution is -0.368. The maximum atomic E-state index is 12.7. The van der Waals surface area contributed by atoms with Crippen molar-refractivity contribution in [2.24, 2.45) is 0 Å². The first-order chi connectivity index (χ1) is 13.0. The molecule has 2 aromatic carbocycles. The van der Waals surface area contributed by atoms with Gasteiger partial charge in [-0.2, -0.15) is 0 Å². The van der Waals surface area contributed by atoms with Crippen LogP contribution in [0.2, 0.25) is 0 Å². The molecule has 0 radical (unpaired) electrons. The number of Topliss-reactive ketones (excluding diaryl/α,β-unsaturated/α-hetero) is 1. The number of nitrogens with zero attached hydrogens (tertiary/aromatic N) is 2. The van der Waals surface area contributed by atoms with Gasteiger partial charge in [0.1, 0.15) is 5.76 Å². The number of aliphatic hydroxyl groups excluding tert-OH is 1. The summed E-state index contributed by atoms with van der Waals surface area (Å²) in [4.78, 5) is 28.8. The van der Waals surface area contributed by atoms with Crippen LogP contribution in [-0.4, -0.2) is 48.9 Å². The fraction of sp³-hybridized carbons (Fsp3) is 0.238. The molecule has 6 nitrogen and oxygen atoms in total. The minimum atomic E-state index is -0.661. The largest absolute Gasteiger partial charge is 0.507 e. The van der Waals surface area contributed by atoms with Crippen molar-refractivity contribution in [3.05, 3.63) is 71.3 Å². The number of rotatable bonds is 5. The Kier molecular flexibility index (Phi) is 5.28. The predicted octanol–water partition coefficient (Wildman–Crippen LogP) is 1.42. The van der Waals surface area contributed by atoms with Gasteiger partial charge in [-0.15, -0.1) is 0 Å². The zero-order valence-corrected chi connectivity index (χ0v) is 15.6. The molecule has 0 aromatic heterocycles. The monoisotopic (exact) mass is 366 g/mol. The molecule has 1 saturated heterocycles. The molecule has 0 unspecified atom stereocenters. The molecule has 6 heteroatoms. The Morgan fingerprint density at radius 3 is 2.26 bits per heavy atom. The van der Waals surface area contributed by atoms with Gasteiger partial charge < -0.3 is 20.6 Å². The molecule has 1 atom stereocenters. The molecule has 1 aliphatic rings. The third-order valence-electron chi connectivity index (χ3n) is 4.71. The standard InChI is InChI=1S/C21H23N3O3/c1-23(2)16-10-8-14(9-11-16)18-17(19(25)15-6-4-3-5-7-15)20(26)21(27)24(18)13-12-22/h3-11,18,25H,12-13,22H2,1-2H3/p+1/t18-/m0/s1. The van der Waals surface area contributed by atoms with Gasteiger partial charge in [-0.05, 0) is 17.7 Å². The summed E-state index contributed by atoms with van der Waals surface area (Å²) < 4.78 is 0. The summed E-state index contributed by atoms with van der Waals surface area (Å²) in [6.07, 6.45) is 0. The van der Waals surface area contributed by atoms with Gasteiger partial charge in [0, 0.05) is 25.3 Å². The van der Waals surface area contributed by atoms with Crippen LogP contribution in [0.5, 0.6) is 0 Å². The van der Waals surface area contributed by atoms with Crippen LogP contribution in [0, 0.1) is 0 Å². The third kappa shape index (κ3) is 3.44. The Hall–Kier alpha value is -3.12. The molecule has 1 heterocycles. The molecule has 140 valence electrons. The summed E-state index contributed by atoms with van der Waals surface area (Å²) in [7, 11) is 3.89. The van der Waals surface area contributed by atoms with Crippen LogP contribution in [0.1, 0.15) is 17.2 Å². The SMILES string of the molecule is CN(C)c1ccc([C@H]2C(=C(O)c3ccccc3)C(=O)C(=O)N2CC[NH3+])cc1. The molecule has 0 saturated carbocycles. The van der Waals surface area contributed by atoms with Crippen molar-refractivity contribution >= 4 is 23.1 Å². The summed E-state index contributed by atoms with van der Waals surface area (Å²) in [6.45, 7) is 0.820. The highest BCUT2D eigenvalue weighted by Gasteiger charge is 2.45. The van der Waals surface area contributed by atoms with Gasteiger partial charge in [0.25, 0.3) is 11.7 Å². The molecule has 3 rings (SSSR count). The number of quaternary nitrogens is 1. The lowest BCUT2D eigenvalue weighted by Crippen LogP contribution is -2.55. The number of hydrogen-bond acceptors (Lipinski definition) is 4. The first-order valence-electron chi connectivity index (χ1n) is 8.86. The molecule has 0 aliphatic carbocycles. The van der Waals surface area contributed by atoms with Crippen LogP contribution in [0.25, 0.3) is 5.76 Å². The summed E-state index contributed by atoms with van der Waals surface area (Å²) >= 11 is 0. The van der Waals surface area contributed by atoms with E-state index in [0.717, 1.165) is 11.3 Å². The topological polar surface area (TPSA) is 88.5 Å². The van der Waals surface area contributed by atoms with Crippen molar-refractivity contribution in [2.75, 3.05) is 32.1 Å². The maximum Gasteiger partial charge on any atom is 0.295 e. The van der Waals surface area contributed by atoms with Crippen LogP contribution >= 0.6 is 0 Å². The summed E-state index contributed by atoms with van der Waals surface area (Å²) in [6, 6.07) is 15.8. The number of aliphatic hydroxyl groups is 1. The van der Waals surface area contributed by atoms with Gasteiger partial charge in [0.05, 0.1) is 24.7 Å². The first-order valence-corrected chi connectivity index (χ1v) is 8.86. The fourth-order valence-corrected chi connectivity index (χ4v) is 3.33. The molecule has 2 aromatic rings. The number of likely N-dealkylation sites (tertiary alicyclic amines) is 1. The quantitative estimate of drug-likeness (QED) is 0.476. The Labute approximate surface area is 158 Å². The van der Waals surface area contributed by atoms with E-state index >= 15 is 0 Å². The fourth-order valence-electron chi connectivity index (χ4n) is 3.33. The van der Waals surface area contributed by atoms with Crippen LogP contribution in [0.3, 0.4) is 0 Å². The van der Waals surface area contributed by atoms with Crippen LogP contribution in [0.15, 0.2) is 60.2 Å². The van der Waals surface area contributed by atoms with Gasteiger partial charge in [0.15, 0.2) is 0 Å². The Morgan fingerprint density at radius 2 is 1.70 bits per heavy atom. The Bertz CT molecular complexity index is 873. The lowest BCUT2D eigenvalue weighted by Gasteiger charge is -2.24. The number of carbonyl (C=O) groups excluding carboxylic acids is 2. The first kappa shape index (κ1) is 18.7. The third-order valence-corrected chi connectivity index (χ3v) is 4.71. The van der Waals surface area contributed by atoms with Crippen LogP contribution in [-0.2, 0) is 9.59 Å². The number of ketones is 1. The summed E-state index contributed by atoms with van der Waals surface area (Å²) in [5, 5.41) is 10.8. The maximum absolute atomic E-state index is 12.7. The van der Waals surface area contributed by atoms with E-state index < -0.39 is 17.7 Å². The second-order valence-electron chi connectivity index (χ2n) is 6.70. The summed E-state index contributed by atoms with van der Waals surface area (Å²) in [5.41, 5.74) is 6.24. The molecule has 4 N–H and O–H groups in total. The van der Waals surface area contributed by atoms with Crippen LogP contribution in [0.4, 0.5) is 5.69 Å². The van der Waals surface area contributed by atoms with E-state index in [9.17, 15) is 14.7 Å². The number of hydrogen-bond donors (Lipinski definition) is 2. The van der Waals surface area contributed by atoms with Crippen molar-refractivity contribution in [1.29, 1.82) is 0 Å².